The molecule has 0 aliphatic carbocycles. The van der Waals surface area contributed by atoms with Crippen LogP contribution in [-0.4, -0.2) is 24.2 Å². The molecule has 0 fully saturated rings. The standard InChI is InChI=1S/C24H24N2O4S/c1-3-29-20-10-12-22(13-11-20)30-21-8-4-19(5-9-21)26-24(28)16-31-23-14-6-18(7-15-23)25-17(2)27/h4-15H,3,16H2,1-2H3,(H,25,27)(H,26,28). The fourth-order valence-electron chi connectivity index (χ4n) is 2.70. The predicted molar refractivity (Wildman–Crippen MR) is 124 cm³/mol. The Labute approximate surface area is 186 Å². The molecule has 0 atom stereocenters. The molecule has 3 aromatic carbocycles. The number of thioether (sulfide) groups is 1. The summed E-state index contributed by atoms with van der Waals surface area (Å²) < 4.78 is 11.2. The third kappa shape index (κ3) is 7.38. The molecule has 0 radical (unpaired) electrons. The van der Waals surface area contributed by atoms with Crippen LogP contribution >= 0.6 is 11.8 Å². The van der Waals surface area contributed by atoms with Gasteiger partial charge in [0.05, 0.1) is 12.4 Å². The van der Waals surface area contributed by atoms with Crippen LogP contribution in [0.1, 0.15) is 13.8 Å². The Balaban J connectivity index is 1.46. The first-order valence-corrected chi connectivity index (χ1v) is 10.8. The molecule has 0 saturated carbocycles. The number of hydrogen-bond acceptors (Lipinski definition) is 5. The summed E-state index contributed by atoms with van der Waals surface area (Å²) in [7, 11) is 0. The van der Waals surface area contributed by atoms with Crippen molar-refractivity contribution in [2.75, 3.05) is 23.0 Å². The normalized spacial score (nSPS) is 10.3. The van der Waals surface area contributed by atoms with Crippen LogP contribution in [0.5, 0.6) is 17.2 Å². The average Bonchev–Trinajstić information content (AvgIpc) is 2.76. The van der Waals surface area contributed by atoms with Gasteiger partial charge in [0.2, 0.25) is 11.8 Å². The number of amides is 2. The maximum atomic E-state index is 12.2. The fraction of sp³-hybridized carbons (Fsp3) is 0.167. The second kappa shape index (κ2) is 11.1. The van der Waals surface area contributed by atoms with E-state index in [9.17, 15) is 9.59 Å². The van der Waals surface area contributed by atoms with Crippen molar-refractivity contribution >= 4 is 35.0 Å². The summed E-state index contributed by atoms with van der Waals surface area (Å²) in [5, 5.41) is 5.59. The van der Waals surface area contributed by atoms with Crippen LogP contribution in [0, 0.1) is 0 Å². The van der Waals surface area contributed by atoms with Crippen molar-refractivity contribution in [1.82, 2.24) is 0 Å². The molecule has 6 nitrogen and oxygen atoms in total. The van der Waals surface area contributed by atoms with Crippen molar-refractivity contribution in [3.63, 3.8) is 0 Å². The van der Waals surface area contributed by atoms with Gasteiger partial charge in [-0.2, -0.15) is 0 Å². The maximum absolute atomic E-state index is 12.2. The van der Waals surface area contributed by atoms with Gasteiger partial charge >= 0.3 is 0 Å². The third-order valence-corrected chi connectivity index (χ3v) is 5.07. The van der Waals surface area contributed by atoms with Gasteiger partial charge in [0.25, 0.3) is 0 Å². The van der Waals surface area contributed by atoms with Crippen LogP contribution in [-0.2, 0) is 9.59 Å². The second-order valence-electron chi connectivity index (χ2n) is 6.57. The summed E-state index contributed by atoms with van der Waals surface area (Å²) in [6, 6.07) is 22.0. The van der Waals surface area contributed by atoms with Crippen LogP contribution in [0.4, 0.5) is 11.4 Å². The Kier molecular flexibility index (Phi) is 7.95. The van der Waals surface area contributed by atoms with E-state index in [0.717, 1.165) is 16.3 Å². The molecular weight excluding hydrogens is 412 g/mol. The number of anilines is 2. The van der Waals surface area contributed by atoms with Crippen LogP contribution in [0.2, 0.25) is 0 Å². The van der Waals surface area contributed by atoms with E-state index >= 15 is 0 Å². The molecule has 0 aliphatic rings. The number of carbonyl (C=O) groups is 2. The second-order valence-corrected chi connectivity index (χ2v) is 7.62. The Morgan fingerprint density at radius 2 is 1.29 bits per heavy atom. The lowest BCUT2D eigenvalue weighted by Crippen LogP contribution is -2.13. The highest BCUT2D eigenvalue weighted by atomic mass is 32.2. The Hall–Kier alpha value is -3.45. The molecule has 3 rings (SSSR count). The summed E-state index contributed by atoms with van der Waals surface area (Å²) in [6.07, 6.45) is 0. The Morgan fingerprint density at radius 3 is 1.87 bits per heavy atom. The molecule has 0 spiro atoms. The molecule has 0 saturated heterocycles. The van der Waals surface area contributed by atoms with Gasteiger partial charge in [-0.3, -0.25) is 9.59 Å². The van der Waals surface area contributed by atoms with Gasteiger partial charge < -0.3 is 20.1 Å². The topological polar surface area (TPSA) is 76.7 Å². The zero-order valence-electron chi connectivity index (χ0n) is 17.4. The highest BCUT2D eigenvalue weighted by Crippen LogP contribution is 2.25. The summed E-state index contributed by atoms with van der Waals surface area (Å²) in [5.74, 6) is 2.25. The Bertz CT molecular complexity index is 1000. The number of carbonyl (C=O) groups excluding carboxylic acids is 2. The van der Waals surface area contributed by atoms with Gasteiger partial charge in [-0.05, 0) is 79.7 Å². The molecule has 31 heavy (non-hydrogen) atoms. The van der Waals surface area contributed by atoms with E-state index < -0.39 is 0 Å². The van der Waals surface area contributed by atoms with Gasteiger partial charge in [-0.15, -0.1) is 11.8 Å². The van der Waals surface area contributed by atoms with Crippen LogP contribution in [0.15, 0.2) is 77.7 Å². The molecule has 0 heterocycles. The number of hydrogen-bond donors (Lipinski definition) is 2. The lowest BCUT2D eigenvalue weighted by molar-refractivity contribution is -0.114. The SMILES string of the molecule is CCOc1ccc(Oc2ccc(NC(=O)CSc3ccc(NC(C)=O)cc3)cc2)cc1. The van der Waals surface area contributed by atoms with Crippen molar-refractivity contribution in [2.45, 2.75) is 18.7 Å². The quantitative estimate of drug-likeness (QED) is 0.429. The first kappa shape index (κ1) is 22.2. The lowest BCUT2D eigenvalue weighted by atomic mass is 10.3. The molecule has 160 valence electrons. The maximum Gasteiger partial charge on any atom is 0.234 e. The first-order chi connectivity index (χ1) is 15.0. The molecule has 0 aliphatic heterocycles. The van der Waals surface area contributed by atoms with E-state index in [1.807, 2.05) is 55.5 Å². The molecule has 0 aromatic heterocycles. The first-order valence-electron chi connectivity index (χ1n) is 9.83. The minimum atomic E-state index is -0.115. The molecule has 2 amide bonds. The largest absolute Gasteiger partial charge is 0.494 e. The molecule has 0 bridgehead atoms. The summed E-state index contributed by atoms with van der Waals surface area (Å²) in [4.78, 5) is 24.2. The highest BCUT2D eigenvalue weighted by molar-refractivity contribution is 8.00. The van der Waals surface area contributed by atoms with E-state index in [4.69, 9.17) is 9.47 Å². The zero-order chi connectivity index (χ0) is 22.1. The minimum absolute atomic E-state index is 0.101. The zero-order valence-corrected chi connectivity index (χ0v) is 18.2. The third-order valence-electron chi connectivity index (χ3n) is 4.05. The van der Waals surface area contributed by atoms with Gasteiger partial charge in [-0.1, -0.05) is 0 Å². The van der Waals surface area contributed by atoms with Crippen molar-refractivity contribution in [3.8, 4) is 17.2 Å². The summed E-state index contributed by atoms with van der Waals surface area (Å²) in [5.41, 5.74) is 1.43. The number of nitrogens with one attached hydrogen (secondary N) is 2. The van der Waals surface area contributed by atoms with Gasteiger partial charge in [0, 0.05) is 23.2 Å². The molecular formula is C24H24N2O4S. The van der Waals surface area contributed by atoms with Crippen molar-refractivity contribution < 1.29 is 19.1 Å². The molecule has 7 heteroatoms. The van der Waals surface area contributed by atoms with Crippen molar-refractivity contribution in [2.24, 2.45) is 0 Å². The van der Waals surface area contributed by atoms with Crippen molar-refractivity contribution in [3.05, 3.63) is 72.8 Å². The van der Waals surface area contributed by atoms with E-state index in [1.165, 1.54) is 18.7 Å². The lowest BCUT2D eigenvalue weighted by Gasteiger charge is -2.09. The number of rotatable bonds is 9. The van der Waals surface area contributed by atoms with Crippen LogP contribution in [0.3, 0.4) is 0 Å². The molecule has 2 N–H and O–H groups in total. The monoisotopic (exact) mass is 436 g/mol. The van der Waals surface area contributed by atoms with Crippen molar-refractivity contribution in [1.29, 1.82) is 0 Å². The molecule has 3 aromatic rings. The smallest absolute Gasteiger partial charge is 0.234 e. The Morgan fingerprint density at radius 1 is 0.774 bits per heavy atom. The summed E-state index contributed by atoms with van der Waals surface area (Å²) >= 11 is 1.43. The van der Waals surface area contributed by atoms with E-state index in [1.54, 1.807) is 24.3 Å². The van der Waals surface area contributed by atoms with Gasteiger partial charge in [0.15, 0.2) is 0 Å². The average molecular weight is 437 g/mol. The van der Waals surface area contributed by atoms with Gasteiger partial charge in [0.1, 0.15) is 17.2 Å². The van der Waals surface area contributed by atoms with E-state index in [2.05, 4.69) is 10.6 Å². The minimum Gasteiger partial charge on any atom is -0.494 e. The van der Waals surface area contributed by atoms with Gasteiger partial charge in [-0.25, -0.2) is 0 Å². The number of ether oxygens (including phenoxy) is 2. The summed E-state index contributed by atoms with van der Waals surface area (Å²) in [6.45, 7) is 4.03. The van der Waals surface area contributed by atoms with Crippen LogP contribution in [0.25, 0.3) is 0 Å². The fourth-order valence-corrected chi connectivity index (χ4v) is 3.40. The van der Waals surface area contributed by atoms with Crippen LogP contribution < -0.4 is 20.1 Å². The molecule has 0 unspecified atom stereocenters. The van der Waals surface area contributed by atoms with E-state index in [-0.39, 0.29) is 17.6 Å². The highest BCUT2D eigenvalue weighted by Gasteiger charge is 2.05. The number of benzene rings is 3. The van der Waals surface area contributed by atoms with E-state index in [0.29, 0.717) is 23.8 Å². The predicted octanol–water partition coefficient (Wildman–Crippen LogP) is 5.57.